The van der Waals surface area contributed by atoms with Crippen molar-refractivity contribution in [3.05, 3.63) is 41.5 Å². The van der Waals surface area contributed by atoms with E-state index in [9.17, 15) is 29.4 Å². The Labute approximate surface area is 223 Å². The quantitative estimate of drug-likeness (QED) is 0.407. The normalized spacial score (nSPS) is 41.4. The van der Waals surface area contributed by atoms with Crippen LogP contribution in [0.4, 0.5) is 5.69 Å². The number of hydrogen-bond donors (Lipinski definition) is 2. The van der Waals surface area contributed by atoms with E-state index in [0.717, 1.165) is 32.1 Å². The summed E-state index contributed by atoms with van der Waals surface area (Å²) in [5, 5.41) is 19.6. The first-order chi connectivity index (χ1) is 17.9. The fourth-order valence-corrected chi connectivity index (χ4v) is 9.97. The molecule has 7 nitrogen and oxygen atoms in total. The van der Waals surface area contributed by atoms with E-state index in [0.29, 0.717) is 12.1 Å². The van der Waals surface area contributed by atoms with Crippen molar-refractivity contribution in [3.63, 3.8) is 0 Å². The van der Waals surface area contributed by atoms with E-state index in [-0.39, 0.29) is 46.5 Å². The summed E-state index contributed by atoms with van der Waals surface area (Å²) in [6, 6.07) is 5.99. The first-order valence-corrected chi connectivity index (χ1v) is 14.0. The van der Waals surface area contributed by atoms with Gasteiger partial charge in [-0.3, -0.25) is 19.3 Å². The summed E-state index contributed by atoms with van der Waals surface area (Å²) in [6.45, 7) is 8.51. The van der Waals surface area contributed by atoms with Gasteiger partial charge in [0.1, 0.15) is 0 Å². The van der Waals surface area contributed by atoms with Crippen molar-refractivity contribution in [3.8, 4) is 0 Å². The number of aromatic carboxylic acids is 1. The number of rotatable bonds is 4. The molecular weight excluding hydrogens is 482 g/mol. The zero-order valence-electron chi connectivity index (χ0n) is 22.6. The number of nitrogens with zero attached hydrogens (tertiary/aromatic N) is 1. The highest BCUT2D eigenvalue weighted by molar-refractivity contribution is 6.23. The van der Waals surface area contributed by atoms with Gasteiger partial charge in [0.15, 0.2) is 0 Å². The molecular formula is C31H37NO6. The molecule has 4 fully saturated rings. The Morgan fingerprint density at radius 1 is 0.974 bits per heavy atom. The van der Waals surface area contributed by atoms with Crippen molar-refractivity contribution in [2.24, 2.45) is 51.8 Å². The Hall–Kier alpha value is -2.96. The van der Waals surface area contributed by atoms with Gasteiger partial charge in [0.25, 0.3) is 0 Å². The van der Waals surface area contributed by atoms with Crippen LogP contribution in [0, 0.1) is 51.8 Å². The molecule has 202 valence electrons. The first kappa shape index (κ1) is 25.3. The maximum absolute atomic E-state index is 14.3. The van der Waals surface area contributed by atoms with Gasteiger partial charge in [-0.05, 0) is 92.4 Å². The molecule has 0 aromatic heterocycles. The molecule has 2 N–H and O–H groups in total. The third-order valence-electron chi connectivity index (χ3n) is 11.5. The summed E-state index contributed by atoms with van der Waals surface area (Å²) < 4.78 is 0. The van der Waals surface area contributed by atoms with Crippen molar-refractivity contribution >= 4 is 29.4 Å². The van der Waals surface area contributed by atoms with Gasteiger partial charge in [-0.2, -0.15) is 0 Å². The summed E-state index contributed by atoms with van der Waals surface area (Å²) in [7, 11) is 0. The highest BCUT2D eigenvalue weighted by Crippen LogP contribution is 2.74. The van der Waals surface area contributed by atoms with Gasteiger partial charge in [-0.1, -0.05) is 38.8 Å². The van der Waals surface area contributed by atoms with Gasteiger partial charge in [0, 0.05) is 5.41 Å². The minimum atomic E-state index is -1.05. The van der Waals surface area contributed by atoms with Crippen LogP contribution in [0.2, 0.25) is 0 Å². The number of fused-ring (bicyclic) bond motifs is 1. The summed E-state index contributed by atoms with van der Waals surface area (Å²) in [6.07, 6.45) is 7.13. The standard InChI is InChI=1S/C31H37NO6/c1-16(2)20-15-31-13-10-21-29(3,11-5-12-30(21,4)28(37)38)22(31)14-19(20)23-24(31)26(34)32(25(23)33)18-8-6-17(7-9-18)27(35)36/h6-9,15-16,19,21-24H,5,10-14H2,1-4H3,(H,35,36)(H,37,38)/t19-,21-,22-,23+,24-,29-,30+,31+/m0/s1. The van der Waals surface area contributed by atoms with Crippen LogP contribution in [0.15, 0.2) is 35.9 Å². The molecule has 8 atom stereocenters. The van der Waals surface area contributed by atoms with Crippen LogP contribution in [0.1, 0.15) is 76.6 Å². The molecule has 6 aliphatic rings. The van der Waals surface area contributed by atoms with Crippen LogP contribution >= 0.6 is 0 Å². The van der Waals surface area contributed by atoms with Gasteiger partial charge in [0.05, 0.1) is 28.5 Å². The summed E-state index contributed by atoms with van der Waals surface area (Å²) >= 11 is 0. The molecule has 0 radical (unpaired) electrons. The van der Waals surface area contributed by atoms with E-state index in [1.807, 2.05) is 6.92 Å². The lowest BCUT2D eigenvalue weighted by molar-refractivity contribution is -0.194. The summed E-state index contributed by atoms with van der Waals surface area (Å²) in [4.78, 5) is 53.5. The molecule has 38 heavy (non-hydrogen) atoms. The maximum Gasteiger partial charge on any atom is 0.335 e. The fourth-order valence-electron chi connectivity index (χ4n) is 9.97. The Morgan fingerprint density at radius 2 is 1.66 bits per heavy atom. The second-order valence-corrected chi connectivity index (χ2v) is 13.3. The molecule has 7 rings (SSSR count). The number of carbonyl (C=O) groups is 4. The fraction of sp³-hybridized carbons (Fsp3) is 0.613. The smallest absolute Gasteiger partial charge is 0.335 e. The van der Waals surface area contributed by atoms with E-state index < -0.39 is 34.6 Å². The van der Waals surface area contributed by atoms with Gasteiger partial charge in [-0.25, -0.2) is 4.79 Å². The van der Waals surface area contributed by atoms with Gasteiger partial charge in [-0.15, -0.1) is 0 Å². The highest BCUT2D eigenvalue weighted by Gasteiger charge is 2.73. The van der Waals surface area contributed by atoms with E-state index in [4.69, 9.17) is 0 Å². The third kappa shape index (κ3) is 3.02. The van der Waals surface area contributed by atoms with E-state index in [1.54, 1.807) is 12.1 Å². The zero-order valence-corrected chi connectivity index (χ0v) is 22.6. The SMILES string of the molecule is CC(C)C1=C[C@]23CC[C@H]4[C@](C)(CCC[C@@]4(C)C(=O)O)[C@@H]2C[C@@H]1[C@H]1C(=O)N(c2ccc(C(=O)O)cc2)C(=O)[C@H]13. The predicted molar refractivity (Wildman–Crippen MR) is 140 cm³/mol. The molecule has 0 unspecified atom stereocenters. The Morgan fingerprint density at radius 3 is 2.26 bits per heavy atom. The number of carboxylic acid groups (broad SMARTS) is 2. The van der Waals surface area contributed by atoms with Gasteiger partial charge < -0.3 is 10.2 Å². The summed E-state index contributed by atoms with van der Waals surface area (Å²) in [5.41, 5.74) is 0.343. The van der Waals surface area contributed by atoms with Gasteiger partial charge >= 0.3 is 11.9 Å². The van der Waals surface area contributed by atoms with Gasteiger partial charge in [0.2, 0.25) is 11.8 Å². The zero-order chi connectivity index (χ0) is 27.4. The highest BCUT2D eigenvalue weighted by atomic mass is 16.4. The molecule has 1 heterocycles. The van der Waals surface area contributed by atoms with Crippen LogP contribution in [0.25, 0.3) is 0 Å². The number of hydrogen-bond acceptors (Lipinski definition) is 4. The molecule has 3 saturated carbocycles. The first-order valence-electron chi connectivity index (χ1n) is 14.0. The lowest BCUT2D eigenvalue weighted by Crippen LogP contribution is -2.65. The van der Waals surface area contributed by atoms with Crippen molar-refractivity contribution in [2.45, 2.75) is 66.2 Å². The lowest BCUT2D eigenvalue weighted by atomic mass is 9.34. The van der Waals surface area contributed by atoms with Crippen molar-refractivity contribution < 1.29 is 29.4 Å². The van der Waals surface area contributed by atoms with Crippen LogP contribution in [0.3, 0.4) is 0 Å². The van der Waals surface area contributed by atoms with E-state index in [2.05, 4.69) is 26.8 Å². The maximum atomic E-state index is 14.3. The molecule has 1 aromatic carbocycles. The van der Waals surface area contributed by atoms with Crippen molar-refractivity contribution in [1.29, 1.82) is 0 Å². The topological polar surface area (TPSA) is 112 Å². The second kappa shape index (κ2) is 8.03. The molecule has 1 saturated heterocycles. The van der Waals surface area contributed by atoms with Crippen molar-refractivity contribution in [1.82, 2.24) is 0 Å². The predicted octanol–water partition coefficient (Wildman–Crippen LogP) is 5.40. The van der Waals surface area contributed by atoms with Crippen LogP contribution < -0.4 is 4.90 Å². The largest absolute Gasteiger partial charge is 0.481 e. The number of imide groups is 1. The number of aliphatic carboxylic acids is 1. The number of benzene rings is 1. The summed E-state index contributed by atoms with van der Waals surface area (Å²) in [5.74, 6) is -2.62. The average Bonchev–Trinajstić information content (AvgIpc) is 3.15. The molecule has 7 heteroatoms. The molecule has 2 bridgehead atoms. The van der Waals surface area contributed by atoms with Crippen LogP contribution in [-0.4, -0.2) is 34.0 Å². The van der Waals surface area contributed by atoms with Crippen molar-refractivity contribution in [2.75, 3.05) is 4.90 Å². The Kier molecular flexibility index (Phi) is 5.35. The van der Waals surface area contributed by atoms with Crippen LogP contribution in [0.5, 0.6) is 0 Å². The molecule has 1 aromatic rings. The number of anilines is 1. The van der Waals surface area contributed by atoms with E-state index >= 15 is 0 Å². The molecule has 1 spiro atoms. The Bertz CT molecular complexity index is 1280. The minimum Gasteiger partial charge on any atom is -0.481 e. The molecule has 2 amide bonds. The average molecular weight is 520 g/mol. The number of carbonyl (C=O) groups excluding carboxylic acids is 2. The van der Waals surface area contributed by atoms with E-state index in [1.165, 1.54) is 22.6 Å². The number of amides is 2. The Balaban J connectivity index is 1.46. The molecule has 1 aliphatic heterocycles. The number of carboxylic acids is 2. The minimum absolute atomic E-state index is 0.0393. The third-order valence-corrected chi connectivity index (χ3v) is 11.5. The lowest BCUT2D eigenvalue weighted by Gasteiger charge is -2.68. The molecule has 5 aliphatic carbocycles. The number of allylic oxidation sites excluding steroid dienone is 2. The second-order valence-electron chi connectivity index (χ2n) is 13.3. The monoisotopic (exact) mass is 519 g/mol. The van der Waals surface area contributed by atoms with Crippen LogP contribution in [-0.2, 0) is 14.4 Å².